The van der Waals surface area contributed by atoms with Gasteiger partial charge in [-0.05, 0) is 23.3 Å². The molecule has 1 heterocycles. The second-order valence-corrected chi connectivity index (χ2v) is 5.49. The number of sulfonamides is 1. The fraction of sp³-hybridized carbons (Fsp3) is 0.364. The van der Waals surface area contributed by atoms with Crippen LogP contribution in [-0.4, -0.2) is 14.3 Å². The zero-order valence-electron chi connectivity index (χ0n) is 9.39. The summed E-state index contributed by atoms with van der Waals surface area (Å²) in [5.41, 5.74) is 1.85. The fourth-order valence-electron chi connectivity index (χ4n) is 1.60. The van der Waals surface area contributed by atoms with Gasteiger partial charge in [0.25, 0.3) is 10.0 Å². The number of carbonyl (C=O) groups excluding carboxylic acids is 1. The highest BCUT2D eigenvalue weighted by atomic mass is 32.2. The minimum Gasteiger partial charge on any atom is -0.372 e. The van der Waals surface area contributed by atoms with Gasteiger partial charge < -0.3 is 4.74 Å². The van der Waals surface area contributed by atoms with Crippen LogP contribution in [0.4, 0.5) is 0 Å². The topological polar surface area (TPSA) is 72.5 Å². The van der Waals surface area contributed by atoms with Gasteiger partial charge in [-0.15, -0.1) is 0 Å². The molecule has 2 rings (SSSR count). The lowest BCUT2D eigenvalue weighted by atomic mass is 10.1. The molecule has 0 radical (unpaired) electrons. The summed E-state index contributed by atoms with van der Waals surface area (Å²) in [7, 11) is -3.75. The Balaban J connectivity index is 2.31. The third-order valence-electron chi connectivity index (χ3n) is 2.57. The average Bonchev–Trinajstić information content (AvgIpc) is 2.75. The number of benzene rings is 1. The average molecular weight is 255 g/mol. The van der Waals surface area contributed by atoms with Gasteiger partial charge in [-0.2, -0.15) is 0 Å². The largest absolute Gasteiger partial charge is 0.372 e. The minimum atomic E-state index is -3.75. The van der Waals surface area contributed by atoms with Crippen molar-refractivity contribution in [1.82, 2.24) is 4.72 Å². The maximum atomic E-state index is 11.8. The zero-order chi connectivity index (χ0) is 12.5. The van der Waals surface area contributed by atoms with Crippen LogP contribution in [0.1, 0.15) is 24.5 Å². The van der Waals surface area contributed by atoms with E-state index in [1.807, 2.05) is 4.72 Å². The lowest BCUT2D eigenvalue weighted by Crippen LogP contribution is -2.29. The second kappa shape index (κ2) is 4.46. The van der Waals surface area contributed by atoms with Crippen LogP contribution in [-0.2, 0) is 32.8 Å². The van der Waals surface area contributed by atoms with E-state index in [-0.39, 0.29) is 11.3 Å². The van der Waals surface area contributed by atoms with Crippen molar-refractivity contribution in [2.24, 2.45) is 0 Å². The van der Waals surface area contributed by atoms with Crippen LogP contribution < -0.4 is 4.72 Å². The van der Waals surface area contributed by atoms with E-state index in [0.717, 1.165) is 11.1 Å². The van der Waals surface area contributed by atoms with E-state index in [9.17, 15) is 13.2 Å². The van der Waals surface area contributed by atoms with E-state index < -0.39 is 15.9 Å². The molecule has 0 saturated carbocycles. The molecule has 0 aliphatic carbocycles. The maximum Gasteiger partial charge on any atom is 0.264 e. The van der Waals surface area contributed by atoms with Gasteiger partial charge in [-0.25, -0.2) is 13.1 Å². The molecule has 1 aliphatic heterocycles. The van der Waals surface area contributed by atoms with Gasteiger partial charge >= 0.3 is 0 Å². The fourth-order valence-corrected chi connectivity index (χ4v) is 2.70. The van der Waals surface area contributed by atoms with E-state index in [1.165, 1.54) is 6.07 Å². The summed E-state index contributed by atoms with van der Waals surface area (Å²) < 4.78 is 30.9. The normalized spacial score (nSPS) is 14.4. The van der Waals surface area contributed by atoms with Crippen molar-refractivity contribution in [2.75, 3.05) is 0 Å². The van der Waals surface area contributed by atoms with Crippen molar-refractivity contribution in [2.45, 2.75) is 31.5 Å². The smallest absolute Gasteiger partial charge is 0.264 e. The van der Waals surface area contributed by atoms with Gasteiger partial charge in [0, 0.05) is 6.42 Å². The molecule has 92 valence electrons. The Hall–Kier alpha value is -1.40. The Bertz CT molecular complexity index is 551. The summed E-state index contributed by atoms with van der Waals surface area (Å²) in [6, 6.07) is 4.75. The molecule has 0 bridgehead atoms. The minimum absolute atomic E-state index is 0.101. The molecule has 5 nitrogen and oxygen atoms in total. The molecule has 17 heavy (non-hydrogen) atoms. The molecular weight excluding hydrogens is 242 g/mol. The van der Waals surface area contributed by atoms with Crippen LogP contribution in [0.15, 0.2) is 23.1 Å². The predicted octanol–water partition coefficient (Wildman–Crippen LogP) is 0.932. The van der Waals surface area contributed by atoms with Crippen LogP contribution in [0.2, 0.25) is 0 Å². The van der Waals surface area contributed by atoms with E-state index in [4.69, 9.17) is 4.74 Å². The molecule has 1 aliphatic rings. The summed E-state index contributed by atoms with van der Waals surface area (Å²) in [6.07, 6.45) is 0.132. The first-order valence-electron chi connectivity index (χ1n) is 5.28. The molecule has 1 aromatic rings. The first kappa shape index (κ1) is 12.1. The highest BCUT2D eigenvalue weighted by Gasteiger charge is 2.20. The number of fused-ring (bicyclic) bond motifs is 1. The summed E-state index contributed by atoms with van der Waals surface area (Å²) in [5, 5.41) is 0. The van der Waals surface area contributed by atoms with Gasteiger partial charge in [0.05, 0.1) is 18.1 Å². The van der Waals surface area contributed by atoms with Crippen molar-refractivity contribution < 1.29 is 17.9 Å². The quantitative estimate of drug-likeness (QED) is 0.872. The number of rotatable bonds is 3. The van der Waals surface area contributed by atoms with Gasteiger partial charge in [0.15, 0.2) is 0 Å². The SMILES string of the molecule is CCC(=O)NS(=O)(=O)c1ccc2c(c1)COC2. The van der Waals surface area contributed by atoms with Crippen LogP contribution in [0.25, 0.3) is 0 Å². The predicted molar refractivity (Wildman–Crippen MR) is 60.6 cm³/mol. The van der Waals surface area contributed by atoms with Gasteiger partial charge in [-0.1, -0.05) is 13.0 Å². The lowest BCUT2D eigenvalue weighted by molar-refractivity contribution is -0.119. The summed E-state index contributed by atoms with van der Waals surface area (Å²) in [5.74, 6) is -0.512. The first-order valence-corrected chi connectivity index (χ1v) is 6.76. The summed E-state index contributed by atoms with van der Waals surface area (Å²) in [4.78, 5) is 11.2. The van der Waals surface area contributed by atoms with Gasteiger partial charge in [0.2, 0.25) is 5.91 Å². The number of carbonyl (C=O) groups is 1. The first-order chi connectivity index (χ1) is 8.03. The van der Waals surface area contributed by atoms with Crippen LogP contribution >= 0.6 is 0 Å². The number of hydrogen-bond acceptors (Lipinski definition) is 4. The molecule has 1 amide bonds. The molecule has 1 N–H and O–H groups in total. The molecule has 0 spiro atoms. The Morgan fingerprint density at radius 2 is 2.06 bits per heavy atom. The van der Waals surface area contributed by atoms with E-state index in [1.54, 1.807) is 19.1 Å². The van der Waals surface area contributed by atoms with Crippen molar-refractivity contribution in [3.05, 3.63) is 29.3 Å². The molecule has 0 aromatic heterocycles. The van der Waals surface area contributed by atoms with Crippen molar-refractivity contribution in [3.63, 3.8) is 0 Å². The van der Waals surface area contributed by atoms with Gasteiger partial charge in [-0.3, -0.25) is 4.79 Å². The number of nitrogens with one attached hydrogen (secondary N) is 1. The highest BCUT2D eigenvalue weighted by molar-refractivity contribution is 7.90. The molecule has 0 atom stereocenters. The van der Waals surface area contributed by atoms with E-state index in [2.05, 4.69) is 0 Å². The third kappa shape index (κ3) is 2.48. The monoisotopic (exact) mass is 255 g/mol. The molecule has 0 saturated heterocycles. The Labute approximate surface area is 99.8 Å². The maximum absolute atomic E-state index is 11.8. The van der Waals surface area contributed by atoms with Crippen molar-refractivity contribution in [1.29, 1.82) is 0 Å². The van der Waals surface area contributed by atoms with Crippen LogP contribution in [0.5, 0.6) is 0 Å². The molecular formula is C11H13NO4S. The van der Waals surface area contributed by atoms with Gasteiger partial charge in [0.1, 0.15) is 0 Å². The Kier molecular flexibility index (Phi) is 3.17. The van der Waals surface area contributed by atoms with Crippen molar-refractivity contribution in [3.8, 4) is 0 Å². The number of amides is 1. The highest BCUT2D eigenvalue weighted by Crippen LogP contribution is 2.22. The molecule has 6 heteroatoms. The van der Waals surface area contributed by atoms with Crippen LogP contribution in [0, 0.1) is 0 Å². The molecule has 0 unspecified atom stereocenters. The summed E-state index contributed by atoms with van der Waals surface area (Å²) >= 11 is 0. The van der Waals surface area contributed by atoms with Crippen molar-refractivity contribution >= 4 is 15.9 Å². The third-order valence-corrected chi connectivity index (χ3v) is 3.94. The summed E-state index contributed by atoms with van der Waals surface area (Å²) in [6.45, 7) is 2.53. The Morgan fingerprint density at radius 3 is 2.76 bits per heavy atom. The zero-order valence-corrected chi connectivity index (χ0v) is 10.2. The number of hydrogen-bond donors (Lipinski definition) is 1. The van der Waals surface area contributed by atoms with Crippen LogP contribution in [0.3, 0.4) is 0 Å². The second-order valence-electron chi connectivity index (χ2n) is 3.81. The van der Waals surface area contributed by atoms with E-state index >= 15 is 0 Å². The number of ether oxygens (including phenoxy) is 1. The molecule has 0 fully saturated rings. The lowest BCUT2D eigenvalue weighted by Gasteiger charge is -2.06. The van der Waals surface area contributed by atoms with E-state index in [0.29, 0.717) is 13.2 Å². The molecule has 1 aromatic carbocycles. The standard InChI is InChI=1S/C11H13NO4S/c1-2-11(13)12-17(14,15)10-4-3-8-6-16-7-9(8)5-10/h3-5H,2,6-7H2,1H3,(H,12,13). The Morgan fingerprint density at radius 1 is 1.35 bits per heavy atom.